The summed E-state index contributed by atoms with van der Waals surface area (Å²) >= 11 is 0. The molecule has 0 unspecified atom stereocenters. The van der Waals surface area contributed by atoms with Gasteiger partial charge in [-0.05, 0) is 6.42 Å². The first-order chi connectivity index (χ1) is 18.6. The molecule has 0 fully saturated rings. The number of alkyl carbamates (subject to hydrolysis) is 1. The Kier molecular flexibility index (Phi) is 16.4. The molecule has 0 bridgehead atoms. The van der Waals surface area contributed by atoms with Crippen LogP contribution in [0.5, 0.6) is 0 Å². The topological polar surface area (TPSA) is 226 Å². The summed E-state index contributed by atoms with van der Waals surface area (Å²) in [4.78, 5) is 35.5. The van der Waals surface area contributed by atoms with Crippen LogP contribution in [-0.4, -0.2) is 83.0 Å². The number of carbonyl (C=O) groups is 3. The van der Waals surface area contributed by atoms with Gasteiger partial charge in [0.15, 0.2) is 18.2 Å². The SMILES string of the molecule is CCCCCCCCCCCCNC(=O)O[C@@H]([C@@H]1OC(OC(=O)O)=C[C@H](NC(=N)N)[C@H]1NC(C)=O)[C@H](O)CO. The molecule has 224 valence electrons. The van der Waals surface area contributed by atoms with E-state index in [9.17, 15) is 24.6 Å². The number of aliphatic hydroxyl groups is 2. The third-order valence-electron chi connectivity index (χ3n) is 6.12. The summed E-state index contributed by atoms with van der Waals surface area (Å²) in [5.41, 5.74) is 5.43. The van der Waals surface area contributed by atoms with Crippen molar-refractivity contribution >= 4 is 24.1 Å². The largest absolute Gasteiger partial charge is 0.513 e. The van der Waals surface area contributed by atoms with Gasteiger partial charge in [0.2, 0.25) is 5.91 Å². The zero-order valence-electron chi connectivity index (χ0n) is 22.8. The molecule has 0 saturated heterocycles. The van der Waals surface area contributed by atoms with Crippen molar-refractivity contribution in [3.05, 3.63) is 12.0 Å². The Bertz CT molecular complexity index is 811. The van der Waals surface area contributed by atoms with E-state index in [0.717, 1.165) is 31.8 Å². The average molecular weight is 560 g/mol. The van der Waals surface area contributed by atoms with E-state index < -0.39 is 67.1 Å². The lowest BCUT2D eigenvalue weighted by Gasteiger charge is -2.41. The van der Waals surface area contributed by atoms with Crippen molar-refractivity contribution in [2.24, 2.45) is 5.73 Å². The van der Waals surface area contributed by atoms with Gasteiger partial charge < -0.3 is 51.2 Å². The van der Waals surface area contributed by atoms with Crippen LogP contribution in [0.15, 0.2) is 12.0 Å². The number of carbonyl (C=O) groups excluding carboxylic acids is 2. The maximum atomic E-state index is 12.5. The standard InChI is InChI=1S/C25H45N5O9/c1-3-4-5-6-7-8-9-10-11-12-13-28-24(34)39-21(18(33)15-31)22-20(29-16(2)32)17(30-23(26)27)14-19(37-22)38-25(35)36/h14,17-18,20-22,31,33H,3-13,15H2,1-2H3,(H,28,34)(H,29,32)(H,35,36)(H4,26,27,30)/t17-,18+,20+,21+,22+/m0/s1. The third kappa shape index (κ3) is 13.9. The van der Waals surface area contributed by atoms with Crippen LogP contribution in [0.25, 0.3) is 0 Å². The number of hydrogen-bond donors (Lipinski definition) is 8. The number of carboxylic acid groups (broad SMARTS) is 1. The molecule has 1 aliphatic heterocycles. The summed E-state index contributed by atoms with van der Waals surface area (Å²) < 4.78 is 15.5. The molecular weight excluding hydrogens is 514 g/mol. The van der Waals surface area contributed by atoms with E-state index in [4.69, 9.17) is 25.7 Å². The van der Waals surface area contributed by atoms with E-state index in [-0.39, 0.29) is 0 Å². The van der Waals surface area contributed by atoms with Crippen molar-refractivity contribution in [2.75, 3.05) is 13.2 Å². The minimum atomic E-state index is -1.71. The van der Waals surface area contributed by atoms with Gasteiger partial charge >= 0.3 is 12.2 Å². The molecule has 1 heterocycles. The fourth-order valence-electron chi connectivity index (χ4n) is 4.27. The molecule has 14 heteroatoms. The van der Waals surface area contributed by atoms with E-state index in [1.165, 1.54) is 45.4 Å². The number of hydrogen-bond acceptors (Lipinski definition) is 9. The van der Waals surface area contributed by atoms with Crippen molar-refractivity contribution < 1.29 is 43.9 Å². The van der Waals surface area contributed by atoms with Crippen LogP contribution in [0, 0.1) is 5.41 Å². The first-order valence-electron chi connectivity index (χ1n) is 13.5. The van der Waals surface area contributed by atoms with E-state index in [1.54, 1.807) is 0 Å². The fourth-order valence-corrected chi connectivity index (χ4v) is 4.27. The molecule has 0 aliphatic carbocycles. The van der Waals surface area contributed by atoms with Crippen LogP contribution in [0.1, 0.15) is 78.1 Å². The number of nitrogens with two attached hydrogens (primary N) is 1. The lowest BCUT2D eigenvalue weighted by Crippen LogP contribution is -2.64. The highest BCUT2D eigenvalue weighted by molar-refractivity contribution is 5.76. The van der Waals surface area contributed by atoms with Crippen LogP contribution < -0.4 is 21.7 Å². The minimum Gasteiger partial charge on any atom is -0.455 e. The Balaban J connectivity index is 2.78. The molecule has 9 N–H and O–H groups in total. The molecule has 1 rings (SSSR count). The fraction of sp³-hybridized carbons (Fsp3) is 0.760. The Morgan fingerprint density at radius 2 is 1.67 bits per heavy atom. The summed E-state index contributed by atoms with van der Waals surface area (Å²) in [5, 5.41) is 44.3. The molecule has 0 saturated carbocycles. The molecule has 0 aromatic rings. The van der Waals surface area contributed by atoms with Crippen molar-refractivity contribution in [3.8, 4) is 0 Å². The highest BCUT2D eigenvalue weighted by atomic mass is 16.8. The summed E-state index contributed by atoms with van der Waals surface area (Å²) in [6.45, 7) is 2.87. The van der Waals surface area contributed by atoms with Gasteiger partial charge in [-0.25, -0.2) is 9.59 Å². The highest BCUT2D eigenvalue weighted by Crippen LogP contribution is 2.25. The third-order valence-corrected chi connectivity index (χ3v) is 6.12. The molecule has 0 radical (unpaired) electrons. The number of ether oxygens (including phenoxy) is 3. The number of amides is 2. The van der Waals surface area contributed by atoms with Crippen LogP contribution in [0.4, 0.5) is 9.59 Å². The molecule has 0 aromatic carbocycles. The van der Waals surface area contributed by atoms with Gasteiger partial charge in [-0.1, -0.05) is 64.7 Å². The maximum absolute atomic E-state index is 12.5. The molecular formula is C25H45N5O9. The maximum Gasteiger partial charge on any atom is 0.513 e. The summed E-state index contributed by atoms with van der Waals surface area (Å²) in [7, 11) is 0. The van der Waals surface area contributed by atoms with E-state index in [2.05, 4.69) is 27.6 Å². The van der Waals surface area contributed by atoms with Gasteiger partial charge in [-0.2, -0.15) is 0 Å². The van der Waals surface area contributed by atoms with Crippen molar-refractivity contribution in [2.45, 2.75) is 108 Å². The van der Waals surface area contributed by atoms with Crippen LogP contribution in [-0.2, 0) is 19.0 Å². The number of aliphatic hydroxyl groups excluding tert-OH is 2. The van der Waals surface area contributed by atoms with E-state index in [1.807, 2.05) is 0 Å². The van der Waals surface area contributed by atoms with Crippen LogP contribution >= 0.6 is 0 Å². The summed E-state index contributed by atoms with van der Waals surface area (Å²) in [6, 6.07) is -2.17. The van der Waals surface area contributed by atoms with Gasteiger partial charge in [0.05, 0.1) is 18.7 Å². The number of nitrogens with one attached hydrogen (secondary N) is 4. The van der Waals surface area contributed by atoms with Gasteiger partial charge in [0.1, 0.15) is 6.10 Å². The molecule has 2 amide bonds. The second-order valence-corrected chi connectivity index (χ2v) is 9.47. The average Bonchev–Trinajstić information content (AvgIpc) is 2.86. The zero-order valence-corrected chi connectivity index (χ0v) is 22.8. The Morgan fingerprint density at radius 1 is 1.08 bits per heavy atom. The smallest absolute Gasteiger partial charge is 0.455 e. The monoisotopic (exact) mass is 559 g/mol. The predicted octanol–water partition coefficient (Wildman–Crippen LogP) is 1.65. The summed E-state index contributed by atoms with van der Waals surface area (Å²) in [6.07, 6.45) is 5.14. The molecule has 1 aliphatic rings. The van der Waals surface area contributed by atoms with Crippen LogP contribution in [0.2, 0.25) is 0 Å². The molecule has 5 atom stereocenters. The second kappa shape index (κ2) is 18.9. The van der Waals surface area contributed by atoms with Crippen LogP contribution in [0.3, 0.4) is 0 Å². The number of unbranched alkanes of at least 4 members (excludes halogenated alkanes) is 9. The Morgan fingerprint density at radius 3 is 2.18 bits per heavy atom. The Labute approximate surface area is 229 Å². The quantitative estimate of drug-likeness (QED) is 0.0521. The van der Waals surface area contributed by atoms with E-state index >= 15 is 0 Å². The Hall–Kier alpha value is -3.26. The lowest BCUT2D eigenvalue weighted by molar-refractivity contribution is -0.136. The van der Waals surface area contributed by atoms with Crippen molar-refractivity contribution in [1.29, 1.82) is 5.41 Å². The summed E-state index contributed by atoms with van der Waals surface area (Å²) in [5.74, 6) is -1.61. The molecule has 0 aromatic heterocycles. The highest BCUT2D eigenvalue weighted by Gasteiger charge is 2.46. The molecule has 0 spiro atoms. The molecule has 14 nitrogen and oxygen atoms in total. The first kappa shape index (κ1) is 33.8. The first-order valence-corrected chi connectivity index (χ1v) is 13.5. The molecule has 39 heavy (non-hydrogen) atoms. The minimum absolute atomic E-state index is 0.319. The predicted molar refractivity (Wildman–Crippen MR) is 142 cm³/mol. The van der Waals surface area contributed by atoms with Gasteiger partial charge in [0.25, 0.3) is 5.95 Å². The van der Waals surface area contributed by atoms with Crippen molar-refractivity contribution in [1.82, 2.24) is 16.0 Å². The van der Waals surface area contributed by atoms with Gasteiger partial charge in [-0.15, -0.1) is 0 Å². The zero-order chi connectivity index (χ0) is 29.2. The second-order valence-electron chi connectivity index (χ2n) is 9.47. The number of rotatable bonds is 18. The van der Waals surface area contributed by atoms with Crippen molar-refractivity contribution in [3.63, 3.8) is 0 Å². The van der Waals surface area contributed by atoms with Gasteiger partial charge in [-0.3, -0.25) is 10.2 Å². The lowest BCUT2D eigenvalue weighted by atomic mass is 9.92. The van der Waals surface area contributed by atoms with E-state index in [0.29, 0.717) is 6.54 Å². The number of guanidine groups is 1. The normalized spacial score (nSPS) is 20.0. The van der Waals surface area contributed by atoms with Gasteiger partial charge in [0, 0.05) is 19.5 Å².